The van der Waals surface area contributed by atoms with Gasteiger partial charge in [-0.25, -0.2) is 0 Å². The lowest BCUT2D eigenvalue weighted by atomic mass is 10.1. The van der Waals surface area contributed by atoms with Crippen LogP contribution in [0.1, 0.15) is 18.7 Å². The molecule has 0 saturated carbocycles. The van der Waals surface area contributed by atoms with E-state index in [0.717, 1.165) is 31.5 Å². The van der Waals surface area contributed by atoms with Crippen molar-refractivity contribution in [1.29, 1.82) is 0 Å². The molecule has 0 amide bonds. The Balaban J connectivity index is 1.68. The normalized spacial score (nSPS) is 20.6. The molecule has 1 aliphatic rings. The molecule has 5 heteroatoms. The molecular formula is C14H18N4O. The first-order chi connectivity index (χ1) is 9.31. The maximum atomic E-state index is 5.97. The van der Waals surface area contributed by atoms with Gasteiger partial charge in [0.15, 0.2) is 0 Å². The molecule has 1 saturated heterocycles. The number of nitrogens with two attached hydrogens (primary N) is 1. The van der Waals surface area contributed by atoms with E-state index in [4.69, 9.17) is 10.2 Å². The van der Waals surface area contributed by atoms with E-state index < -0.39 is 0 Å². The molecule has 2 N–H and O–H groups in total. The van der Waals surface area contributed by atoms with Crippen LogP contribution in [0, 0.1) is 0 Å². The van der Waals surface area contributed by atoms with Gasteiger partial charge >= 0.3 is 0 Å². The molecule has 0 spiro atoms. The highest BCUT2D eigenvalue weighted by Gasteiger charge is 2.19. The molecule has 100 valence electrons. The summed E-state index contributed by atoms with van der Waals surface area (Å²) in [6.07, 6.45) is 2.25. The third-order valence-electron chi connectivity index (χ3n) is 3.39. The van der Waals surface area contributed by atoms with Gasteiger partial charge < -0.3 is 10.2 Å². The van der Waals surface area contributed by atoms with E-state index in [9.17, 15) is 0 Å². The van der Waals surface area contributed by atoms with Crippen molar-refractivity contribution in [2.24, 2.45) is 5.73 Å². The summed E-state index contributed by atoms with van der Waals surface area (Å²) in [6.45, 7) is 2.65. The number of benzene rings is 1. The fraction of sp³-hybridized carbons (Fsp3) is 0.429. The summed E-state index contributed by atoms with van der Waals surface area (Å²) >= 11 is 0. The smallest absolute Gasteiger partial charge is 0.247 e. The maximum absolute atomic E-state index is 5.97. The summed E-state index contributed by atoms with van der Waals surface area (Å²) in [5.41, 5.74) is 6.92. The van der Waals surface area contributed by atoms with E-state index in [1.54, 1.807) is 0 Å². The van der Waals surface area contributed by atoms with E-state index in [2.05, 4.69) is 15.1 Å². The fourth-order valence-corrected chi connectivity index (χ4v) is 2.44. The first-order valence-corrected chi connectivity index (χ1v) is 6.67. The van der Waals surface area contributed by atoms with Crippen molar-refractivity contribution in [3.05, 3.63) is 36.2 Å². The van der Waals surface area contributed by atoms with Crippen molar-refractivity contribution in [2.45, 2.75) is 25.4 Å². The van der Waals surface area contributed by atoms with Crippen LogP contribution in [0.2, 0.25) is 0 Å². The van der Waals surface area contributed by atoms with Crippen molar-refractivity contribution in [3.8, 4) is 11.5 Å². The van der Waals surface area contributed by atoms with Gasteiger partial charge in [-0.05, 0) is 31.5 Å². The number of hydrogen-bond acceptors (Lipinski definition) is 5. The monoisotopic (exact) mass is 258 g/mol. The predicted molar refractivity (Wildman–Crippen MR) is 72.2 cm³/mol. The molecule has 2 heterocycles. The van der Waals surface area contributed by atoms with E-state index in [1.807, 2.05) is 30.3 Å². The van der Waals surface area contributed by atoms with E-state index in [-0.39, 0.29) is 6.04 Å². The molecule has 0 unspecified atom stereocenters. The molecule has 1 fully saturated rings. The lowest BCUT2D eigenvalue weighted by molar-refractivity contribution is 0.185. The first kappa shape index (κ1) is 12.3. The van der Waals surface area contributed by atoms with Crippen molar-refractivity contribution in [1.82, 2.24) is 15.1 Å². The zero-order chi connectivity index (χ0) is 13.1. The molecular weight excluding hydrogens is 240 g/mol. The van der Waals surface area contributed by atoms with Crippen LogP contribution in [-0.2, 0) is 6.54 Å². The van der Waals surface area contributed by atoms with E-state index in [0.29, 0.717) is 18.3 Å². The minimum Gasteiger partial charge on any atom is -0.419 e. The van der Waals surface area contributed by atoms with Gasteiger partial charge in [0.2, 0.25) is 11.8 Å². The highest BCUT2D eigenvalue weighted by atomic mass is 16.4. The molecule has 0 radical (unpaired) electrons. The summed E-state index contributed by atoms with van der Waals surface area (Å²) < 4.78 is 5.70. The number of hydrogen-bond donors (Lipinski definition) is 1. The number of nitrogens with zero attached hydrogens (tertiary/aromatic N) is 3. The summed E-state index contributed by atoms with van der Waals surface area (Å²) in [5.74, 6) is 1.24. The standard InChI is InChI=1S/C14H18N4O/c15-12-7-4-8-18(9-12)10-13-16-17-14(19-13)11-5-2-1-3-6-11/h1-3,5-6,12H,4,7-10,15H2/t12-/m1/s1. The number of rotatable bonds is 3. The average Bonchev–Trinajstić information content (AvgIpc) is 2.88. The Morgan fingerprint density at radius 3 is 2.89 bits per heavy atom. The number of likely N-dealkylation sites (tertiary alicyclic amines) is 1. The summed E-state index contributed by atoms with van der Waals surface area (Å²) in [5, 5.41) is 8.21. The first-order valence-electron chi connectivity index (χ1n) is 6.67. The van der Waals surface area contributed by atoms with Gasteiger partial charge in [-0.3, -0.25) is 4.90 Å². The maximum Gasteiger partial charge on any atom is 0.247 e. The molecule has 1 aromatic heterocycles. The molecule has 1 aromatic carbocycles. The van der Waals surface area contributed by atoms with Crippen LogP contribution in [0.15, 0.2) is 34.7 Å². The van der Waals surface area contributed by atoms with Gasteiger partial charge in [-0.1, -0.05) is 18.2 Å². The highest BCUT2D eigenvalue weighted by Crippen LogP contribution is 2.18. The Bertz CT molecular complexity index is 525. The molecule has 1 atom stereocenters. The topological polar surface area (TPSA) is 68.2 Å². The van der Waals surface area contributed by atoms with Crippen LogP contribution in [0.5, 0.6) is 0 Å². The van der Waals surface area contributed by atoms with Crippen molar-refractivity contribution in [3.63, 3.8) is 0 Å². The molecule has 3 rings (SSSR count). The van der Waals surface area contributed by atoms with Crippen LogP contribution in [0.3, 0.4) is 0 Å². The highest BCUT2D eigenvalue weighted by molar-refractivity contribution is 5.51. The molecule has 1 aliphatic heterocycles. The third-order valence-corrected chi connectivity index (χ3v) is 3.39. The molecule has 5 nitrogen and oxygen atoms in total. The van der Waals surface area contributed by atoms with Crippen LogP contribution >= 0.6 is 0 Å². The second-order valence-corrected chi connectivity index (χ2v) is 5.00. The zero-order valence-electron chi connectivity index (χ0n) is 10.8. The Morgan fingerprint density at radius 1 is 1.26 bits per heavy atom. The van der Waals surface area contributed by atoms with Gasteiger partial charge in [0, 0.05) is 18.2 Å². The molecule has 2 aromatic rings. The SMILES string of the molecule is N[C@@H]1CCCN(Cc2nnc(-c3ccccc3)o2)C1. The quantitative estimate of drug-likeness (QED) is 0.906. The Kier molecular flexibility index (Phi) is 3.57. The van der Waals surface area contributed by atoms with Crippen LogP contribution in [0.25, 0.3) is 11.5 Å². The summed E-state index contributed by atoms with van der Waals surface area (Å²) in [4.78, 5) is 2.27. The predicted octanol–water partition coefficient (Wildman–Crippen LogP) is 1.66. The zero-order valence-corrected chi connectivity index (χ0v) is 10.8. The van der Waals surface area contributed by atoms with Gasteiger partial charge in [0.1, 0.15) is 0 Å². The largest absolute Gasteiger partial charge is 0.419 e. The van der Waals surface area contributed by atoms with Crippen LogP contribution in [0.4, 0.5) is 0 Å². The van der Waals surface area contributed by atoms with Crippen LogP contribution < -0.4 is 5.73 Å². The molecule has 0 aliphatic carbocycles. The molecule has 19 heavy (non-hydrogen) atoms. The Hall–Kier alpha value is -1.72. The Labute approximate surface area is 112 Å². The third kappa shape index (κ3) is 3.00. The van der Waals surface area contributed by atoms with Crippen molar-refractivity contribution >= 4 is 0 Å². The fourth-order valence-electron chi connectivity index (χ4n) is 2.44. The van der Waals surface area contributed by atoms with E-state index >= 15 is 0 Å². The lowest BCUT2D eigenvalue weighted by Crippen LogP contribution is -2.42. The number of piperidine rings is 1. The van der Waals surface area contributed by atoms with Gasteiger partial charge in [0.05, 0.1) is 6.54 Å². The lowest BCUT2D eigenvalue weighted by Gasteiger charge is -2.29. The Morgan fingerprint density at radius 2 is 2.11 bits per heavy atom. The summed E-state index contributed by atoms with van der Waals surface area (Å²) in [6, 6.07) is 10.1. The van der Waals surface area contributed by atoms with Crippen LogP contribution in [-0.4, -0.2) is 34.2 Å². The van der Waals surface area contributed by atoms with Crippen molar-refractivity contribution in [2.75, 3.05) is 13.1 Å². The van der Waals surface area contributed by atoms with Gasteiger partial charge in [-0.15, -0.1) is 10.2 Å². The second-order valence-electron chi connectivity index (χ2n) is 5.00. The van der Waals surface area contributed by atoms with Gasteiger partial charge in [0.25, 0.3) is 0 Å². The van der Waals surface area contributed by atoms with E-state index in [1.165, 1.54) is 0 Å². The van der Waals surface area contributed by atoms with Crippen molar-refractivity contribution < 1.29 is 4.42 Å². The number of aromatic nitrogens is 2. The average molecular weight is 258 g/mol. The second kappa shape index (κ2) is 5.50. The summed E-state index contributed by atoms with van der Waals surface area (Å²) in [7, 11) is 0. The minimum absolute atomic E-state index is 0.269. The molecule has 0 bridgehead atoms. The minimum atomic E-state index is 0.269. The van der Waals surface area contributed by atoms with Gasteiger partial charge in [-0.2, -0.15) is 0 Å².